The highest BCUT2D eigenvalue weighted by molar-refractivity contribution is 4.73. The molecule has 98 valence electrons. The summed E-state index contributed by atoms with van der Waals surface area (Å²) < 4.78 is 0. The van der Waals surface area contributed by atoms with Crippen LogP contribution in [0.4, 0.5) is 0 Å². The van der Waals surface area contributed by atoms with Crippen LogP contribution >= 0.6 is 0 Å². The van der Waals surface area contributed by atoms with Crippen LogP contribution in [0.3, 0.4) is 0 Å². The van der Waals surface area contributed by atoms with Crippen molar-refractivity contribution in [1.82, 2.24) is 9.80 Å². The molecule has 0 aliphatic carbocycles. The second kappa shape index (κ2) is 8.97. The maximum atomic E-state index is 5.88. The Labute approximate surface area is 102 Å². The van der Waals surface area contributed by atoms with Gasteiger partial charge in [-0.3, -0.25) is 4.90 Å². The Morgan fingerprint density at radius 2 is 1.75 bits per heavy atom. The maximum Gasteiger partial charge on any atom is 0.0220 e. The minimum Gasteiger partial charge on any atom is -0.329 e. The summed E-state index contributed by atoms with van der Waals surface area (Å²) in [5, 5.41) is 0. The van der Waals surface area contributed by atoms with Gasteiger partial charge in [-0.2, -0.15) is 0 Å². The molecule has 0 heterocycles. The summed E-state index contributed by atoms with van der Waals surface area (Å²) >= 11 is 0. The lowest BCUT2D eigenvalue weighted by molar-refractivity contribution is 0.178. The van der Waals surface area contributed by atoms with Gasteiger partial charge in [0.2, 0.25) is 0 Å². The van der Waals surface area contributed by atoms with Crippen LogP contribution in [-0.4, -0.2) is 56.1 Å². The highest BCUT2D eigenvalue weighted by Gasteiger charge is 2.16. The van der Waals surface area contributed by atoms with Crippen molar-refractivity contribution in [2.24, 2.45) is 11.7 Å². The Bertz CT molecular complexity index is 157. The van der Waals surface area contributed by atoms with Gasteiger partial charge in [-0.25, -0.2) is 0 Å². The first-order chi connectivity index (χ1) is 7.51. The number of likely N-dealkylation sites (N-methyl/N-ethyl adjacent to an activating group) is 1. The quantitative estimate of drug-likeness (QED) is 0.652. The Hall–Kier alpha value is -0.120. The van der Waals surface area contributed by atoms with E-state index in [0.717, 1.165) is 25.6 Å². The van der Waals surface area contributed by atoms with Crippen LogP contribution in [0.15, 0.2) is 0 Å². The monoisotopic (exact) mass is 229 g/mol. The van der Waals surface area contributed by atoms with E-state index < -0.39 is 0 Å². The van der Waals surface area contributed by atoms with E-state index in [1.54, 1.807) is 0 Å². The molecule has 0 aromatic heterocycles. The van der Waals surface area contributed by atoms with Crippen molar-refractivity contribution in [3.8, 4) is 0 Å². The van der Waals surface area contributed by atoms with Gasteiger partial charge in [0.05, 0.1) is 0 Å². The van der Waals surface area contributed by atoms with Crippen molar-refractivity contribution in [2.75, 3.05) is 40.3 Å². The van der Waals surface area contributed by atoms with Gasteiger partial charge < -0.3 is 10.6 Å². The first-order valence-corrected chi connectivity index (χ1v) is 6.60. The van der Waals surface area contributed by atoms with Gasteiger partial charge in [0.15, 0.2) is 0 Å². The molecule has 0 aromatic carbocycles. The zero-order valence-electron chi connectivity index (χ0n) is 11.9. The van der Waals surface area contributed by atoms with E-state index in [2.05, 4.69) is 44.7 Å². The first kappa shape index (κ1) is 15.9. The highest BCUT2D eigenvalue weighted by atomic mass is 15.2. The van der Waals surface area contributed by atoms with E-state index in [4.69, 9.17) is 5.73 Å². The van der Waals surface area contributed by atoms with Crippen LogP contribution in [-0.2, 0) is 0 Å². The molecule has 3 nitrogen and oxygen atoms in total. The number of nitrogens with zero attached hydrogens (tertiary/aromatic N) is 2. The standard InChI is InChI=1S/C13H31N3/c1-6-16(9-7-8-15(4)5)13(11-14)10-12(2)3/h12-13H,6-11,14H2,1-5H3. The molecule has 1 atom stereocenters. The summed E-state index contributed by atoms with van der Waals surface area (Å²) in [4.78, 5) is 4.78. The molecule has 0 aliphatic heterocycles. The molecule has 0 aromatic rings. The van der Waals surface area contributed by atoms with Crippen LogP contribution in [0.25, 0.3) is 0 Å². The van der Waals surface area contributed by atoms with Crippen molar-refractivity contribution in [1.29, 1.82) is 0 Å². The van der Waals surface area contributed by atoms with E-state index in [1.807, 2.05) is 0 Å². The van der Waals surface area contributed by atoms with Crippen molar-refractivity contribution < 1.29 is 0 Å². The van der Waals surface area contributed by atoms with Crippen LogP contribution in [0.2, 0.25) is 0 Å². The van der Waals surface area contributed by atoms with E-state index >= 15 is 0 Å². The Morgan fingerprint density at radius 1 is 1.12 bits per heavy atom. The van der Waals surface area contributed by atoms with Gasteiger partial charge in [-0.15, -0.1) is 0 Å². The molecule has 0 spiro atoms. The summed E-state index contributed by atoms with van der Waals surface area (Å²) in [7, 11) is 4.26. The van der Waals surface area contributed by atoms with Crippen molar-refractivity contribution in [2.45, 2.75) is 39.7 Å². The molecule has 0 rings (SSSR count). The van der Waals surface area contributed by atoms with Crippen LogP contribution in [0.5, 0.6) is 0 Å². The molecular formula is C13H31N3. The molecule has 0 fully saturated rings. The summed E-state index contributed by atoms with van der Waals surface area (Å²) in [6, 6.07) is 0.562. The Morgan fingerprint density at radius 3 is 2.12 bits per heavy atom. The lowest BCUT2D eigenvalue weighted by Gasteiger charge is -2.31. The summed E-state index contributed by atoms with van der Waals surface area (Å²) in [5.41, 5.74) is 5.88. The minimum absolute atomic E-state index is 0.562. The second-order valence-corrected chi connectivity index (χ2v) is 5.30. The third kappa shape index (κ3) is 7.20. The summed E-state index contributed by atoms with van der Waals surface area (Å²) in [6.45, 7) is 11.0. The first-order valence-electron chi connectivity index (χ1n) is 6.60. The van der Waals surface area contributed by atoms with Crippen molar-refractivity contribution >= 4 is 0 Å². The normalized spacial score (nSPS) is 14.1. The van der Waals surface area contributed by atoms with Gasteiger partial charge in [-0.1, -0.05) is 20.8 Å². The zero-order valence-corrected chi connectivity index (χ0v) is 11.9. The lowest BCUT2D eigenvalue weighted by Crippen LogP contribution is -2.42. The molecule has 16 heavy (non-hydrogen) atoms. The molecular weight excluding hydrogens is 198 g/mol. The topological polar surface area (TPSA) is 32.5 Å². The molecule has 0 bridgehead atoms. The van der Waals surface area contributed by atoms with E-state index in [0.29, 0.717) is 6.04 Å². The third-order valence-corrected chi connectivity index (χ3v) is 2.99. The molecule has 1 unspecified atom stereocenters. The predicted molar refractivity (Wildman–Crippen MR) is 72.7 cm³/mol. The number of nitrogens with two attached hydrogens (primary N) is 1. The van der Waals surface area contributed by atoms with Crippen molar-refractivity contribution in [3.63, 3.8) is 0 Å². The average molecular weight is 229 g/mol. The fourth-order valence-corrected chi connectivity index (χ4v) is 2.13. The van der Waals surface area contributed by atoms with Gasteiger partial charge in [0.25, 0.3) is 0 Å². The Balaban J connectivity index is 4.01. The lowest BCUT2D eigenvalue weighted by atomic mass is 10.0. The van der Waals surface area contributed by atoms with E-state index in [9.17, 15) is 0 Å². The average Bonchev–Trinajstić information content (AvgIpc) is 2.21. The summed E-state index contributed by atoms with van der Waals surface area (Å²) in [6.07, 6.45) is 2.45. The second-order valence-electron chi connectivity index (χ2n) is 5.30. The third-order valence-electron chi connectivity index (χ3n) is 2.99. The van der Waals surface area contributed by atoms with Gasteiger partial charge in [0, 0.05) is 12.6 Å². The molecule has 0 radical (unpaired) electrons. The van der Waals surface area contributed by atoms with Crippen LogP contribution in [0.1, 0.15) is 33.6 Å². The van der Waals surface area contributed by atoms with E-state index in [-0.39, 0.29) is 0 Å². The SMILES string of the molecule is CCN(CCCN(C)C)C(CN)CC(C)C. The molecule has 0 saturated heterocycles. The highest BCUT2D eigenvalue weighted by Crippen LogP contribution is 2.11. The number of hydrogen-bond acceptors (Lipinski definition) is 3. The smallest absolute Gasteiger partial charge is 0.0220 e. The number of rotatable bonds is 9. The van der Waals surface area contributed by atoms with Crippen molar-refractivity contribution in [3.05, 3.63) is 0 Å². The molecule has 2 N–H and O–H groups in total. The van der Waals surface area contributed by atoms with Gasteiger partial charge in [0.1, 0.15) is 0 Å². The minimum atomic E-state index is 0.562. The maximum absolute atomic E-state index is 5.88. The molecule has 0 saturated carbocycles. The van der Waals surface area contributed by atoms with E-state index in [1.165, 1.54) is 19.4 Å². The van der Waals surface area contributed by atoms with Crippen LogP contribution in [0, 0.1) is 5.92 Å². The van der Waals surface area contributed by atoms with Crippen LogP contribution < -0.4 is 5.73 Å². The van der Waals surface area contributed by atoms with Gasteiger partial charge >= 0.3 is 0 Å². The van der Waals surface area contributed by atoms with Gasteiger partial charge in [-0.05, 0) is 52.5 Å². The fraction of sp³-hybridized carbons (Fsp3) is 1.00. The summed E-state index contributed by atoms with van der Waals surface area (Å²) in [5.74, 6) is 0.733. The molecule has 3 heteroatoms. The number of hydrogen-bond donors (Lipinski definition) is 1. The predicted octanol–water partition coefficient (Wildman–Crippen LogP) is 1.63. The fourth-order valence-electron chi connectivity index (χ4n) is 2.13. The zero-order chi connectivity index (χ0) is 12.6. The molecule has 0 amide bonds. The largest absolute Gasteiger partial charge is 0.329 e. The Kier molecular flexibility index (Phi) is 8.90. The molecule has 0 aliphatic rings.